The number of rotatable bonds is 20. The summed E-state index contributed by atoms with van der Waals surface area (Å²) in [6, 6.07) is 0. The molecule has 2 nitrogen and oxygen atoms in total. The first kappa shape index (κ1) is 29.6. The SMILES string of the molecule is CC/C=C/CCCCCCCC/C=C/CCCC.CCCCCCCOOC. The fourth-order valence-electron chi connectivity index (χ4n) is 2.92. The summed E-state index contributed by atoms with van der Waals surface area (Å²) in [5.41, 5.74) is 0. The predicted molar refractivity (Wildman–Crippen MR) is 127 cm³/mol. The molecule has 0 aromatic rings. The van der Waals surface area contributed by atoms with Crippen molar-refractivity contribution in [3.63, 3.8) is 0 Å². The number of unbranched alkanes of at least 4 members (excludes halogenated alkanes) is 13. The van der Waals surface area contributed by atoms with Crippen molar-refractivity contribution in [3.05, 3.63) is 24.3 Å². The van der Waals surface area contributed by atoms with E-state index in [9.17, 15) is 0 Å². The van der Waals surface area contributed by atoms with Crippen LogP contribution >= 0.6 is 0 Å². The topological polar surface area (TPSA) is 18.5 Å². The highest BCUT2D eigenvalue weighted by Gasteiger charge is 1.90. The van der Waals surface area contributed by atoms with Crippen LogP contribution in [-0.4, -0.2) is 13.7 Å². The Morgan fingerprint density at radius 1 is 0.500 bits per heavy atom. The van der Waals surface area contributed by atoms with Gasteiger partial charge < -0.3 is 0 Å². The van der Waals surface area contributed by atoms with Gasteiger partial charge in [0.2, 0.25) is 0 Å². The third-order valence-corrected chi connectivity index (χ3v) is 4.73. The third kappa shape index (κ3) is 33.0. The number of hydrogen-bond acceptors (Lipinski definition) is 2. The zero-order valence-corrected chi connectivity index (χ0v) is 19.9. The van der Waals surface area contributed by atoms with Crippen molar-refractivity contribution in [3.8, 4) is 0 Å². The standard InChI is InChI=1S/C18H34.C8H18O2/c1-3-5-7-9-11-13-15-17-18-16-14-12-10-8-6-4-2;1-3-4-5-6-7-8-10-9-2/h5,7,10,12H,3-4,6,8-9,11,13-18H2,1-2H3;3-8H2,1-2H3/b7-5+,12-10+;. The molecule has 0 bridgehead atoms. The fourth-order valence-corrected chi connectivity index (χ4v) is 2.92. The molecular formula is C26H52O2. The summed E-state index contributed by atoms with van der Waals surface area (Å²) in [6.07, 6.45) is 31.9. The second-order valence-electron chi connectivity index (χ2n) is 7.59. The van der Waals surface area contributed by atoms with E-state index in [1.54, 1.807) is 7.11 Å². The lowest BCUT2D eigenvalue weighted by Crippen LogP contribution is -1.92. The first-order chi connectivity index (χ1) is 13.8. The first-order valence-electron chi connectivity index (χ1n) is 12.3. The summed E-state index contributed by atoms with van der Waals surface area (Å²) in [5.74, 6) is 0. The summed E-state index contributed by atoms with van der Waals surface area (Å²) < 4.78 is 0. The molecule has 0 heterocycles. The van der Waals surface area contributed by atoms with E-state index in [-0.39, 0.29) is 0 Å². The highest BCUT2D eigenvalue weighted by atomic mass is 17.2. The Bertz CT molecular complexity index is 289. The quantitative estimate of drug-likeness (QED) is 0.0883. The van der Waals surface area contributed by atoms with E-state index < -0.39 is 0 Å². The average Bonchev–Trinajstić information content (AvgIpc) is 2.71. The van der Waals surface area contributed by atoms with Gasteiger partial charge in [-0.1, -0.05) is 109 Å². The molecule has 0 aliphatic carbocycles. The highest BCUT2D eigenvalue weighted by Crippen LogP contribution is 2.09. The van der Waals surface area contributed by atoms with Crippen LogP contribution in [-0.2, 0) is 9.78 Å². The first-order valence-corrected chi connectivity index (χ1v) is 12.3. The highest BCUT2D eigenvalue weighted by molar-refractivity contribution is 4.81. The summed E-state index contributed by atoms with van der Waals surface area (Å²) in [5, 5.41) is 0. The smallest absolute Gasteiger partial charge is 0.0822 e. The van der Waals surface area contributed by atoms with Crippen LogP contribution in [0.25, 0.3) is 0 Å². The molecule has 0 aromatic heterocycles. The molecule has 0 N–H and O–H groups in total. The van der Waals surface area contributed by atoms with E-state index >= 15 is 0 Å². The van der Waals surface area contributed by atoms with E-state index in [0.29, 0.717) is 0 Å². The van der Waals surface area contributed by atoms with Gasteiger partial charge in [0.15, 0.2) is 0 Å². The maximum atomic E-state index is 4.71. The monoisotopic (exact) mass is 396 g/mol. The Balaban J connectivity index is 0. The minimum absolute atomic E-state index is 0.736. The maximum absolute atomic E-state index is 4.71. The lowest BCUT2D eigenvalue weighted by atomic mass is 10.1. The van der Waals surface area contributed by atoms with Gasteiger partial charge in [-0.3, -0.25) is 0 Å². The second-order valence-corrected chi connectivity index (χ2v) is 7.59. The van der Waals surface area contributed by atoms with Gasteiger partial charge in [-0.2, -0.15) is 0 Å². The zero-order valence-electron chi connectivity index (χ0n) is 19.9. The fraction of sp³-hybridized carbons (Fsp3) is 0.846. The Hall–Kier alpha value is -0.600. The van der Waals surface area contributed by atoms with Crippen LogP contribution in [0.5, 0.6) is 0 Å². The van der Waals surface area contributed by atoms with Crippen LogP contribution in [0.1, 0.15) is 130 Å². The van der Waals surface area contributed by atoms with Crippen molar-refractivity contribution in [2.24, 2.45) is 0 Å². The van der Waals surface area contributed by atoms with E-state index in [4.69, 9.17) is 4.89 Å². The van der Waals surface area contributed by atoms with Crippen LogP contribution in [0, 0.1) is 0 Å². The van der Waals surface area contributed by atoms with Gasteiger partial charge in [0.25, 0.3) is 0 Å². The third-order valence-electron chi connectivity index (χ3n) is 4.73. The second kappa shape index (κ2) is 31.1. The molecule has 2 heteroatoms. The Morgan fingerprint density at radius 3 is 1.50 bits per heavy atom. The largest absolute Gasteiger partial charge is 0.240 e. The van der Waals surface area contributed by atoms with Crippen LogP contribution in [0.2, 0.25) is 0 Å². The van der Waals surface area contributed by atoms with E-state index in [2.05, 4.69) is 50.0 Å². The van der Waals surface area contributed by atoms with Gasteiger partial charge in [-0.05, 0) is 44.9 Å². The minimum Gasteiger partial charge on any atom is -0.240 e. The number of hydrogen-bond donors (Lipinski definition) is 0. The van der Waals surface area contributed by atoms with Gasteiger partial charge in [-0.25, -0.2) is 9.78 Å². The van der Waals surface area contributed by atoms with Gasteiger partial charge in [0.1, 0.15) is 0 Å². The van der Waals surface area contributed by atoms with Crippen molar-refractivity contribution in [2.45, 2.75) is 130 Å². The van der Waals surface area contributed by atoms with Gasteiger partial charge >= 0.3 is 0 Å². The lowest BCUT2D eigenvalue weighted by molar-refractivity contribution is -0.272. The summed E-state index contributed by atoms with van der Waals surface area (Å²) >= 11 is 0. The molecule has 0 unspecified atom stereocenters. The lowest BCUT2D eigenvalue weighted by Gasteiger charge is -1.99. The van der Waals surface area contributed by atoms with Gasteiger partial charge in [0, 0.05) is 0 Å². The van der Waals surface area contributed by atoms with Crippen LogP contribution < -0.4 is 0 Å². The summed E-state index contributed by atoms with van der Waals surface area (Å²) in [6.45, 7) is 7.41. The molecule has 0 spiro atoms. The van der Waals surface area contributed by atoms with Crippen molar-refractivity contribution >= 4 is 0 Å². The molecule has 0 radical (unpaired) electrons. The van der Waals surface area contributed by atoms with Gasteiger partial charge in [0.05, 0.1) is 13.7 Å². The van der Waals surface area contributed by atoms with E-state index in [0.717, 1.165) is 13.0 Å². The van der Waals surface area contributed by atoms with Crippen molar-refractivity contribution in [1.82, 2.24) is 0 Å². The predicted octanol–water partition coefficient (Wildman–Crippen LogP) is 9.35. The molecule has 0 atom stereocenters. The molecule has 0 amide bonds. The number of allylic oxidation sites excluding steroid dienone is 4. The Morgan fingerprint density at radius 2 is 0.964 bits per heavy atom. The van der Waals surface area contributed by atoms with E-state index in [1.165, 1.54) is 103 Å². The Labute approximate surface area is 178 Å². The van der Waals surface area contributed by atoms with Crippen LogP contribution in [0.3, 0.4) is 0 Å². The molecule has 0 fully saturated rings. The van der Waals surface area contributed by atoms with Crippen LogP contribution in [0.4, 0.5) is 0 Å². The normalized spacial score (nSPS) is 11.3. The van der Waals surface area contributed by atoms with Gasteiger partial charge in [-0.15, -0.1) is 0 Å². The molecule has 0 rings (SSSR count). The molecular weight excluding hydrogens is 344 g/mol. The molecule has 168 valence electrons. The van der Waals surface area contributed by atoms with E-state index in [1.807, 2.05) is 0 Å². The minimum atomic E-state index is 0.736. The molecule has 0 saturated heterocycles. The molecule has 0 saturated carbocycles. The molecule has 0 aromatic carbocycles. The van der Waals surface area contributed by atoms with Crippen molar-refractivity contribution in [2.75, 3.05) is 13.7 Å². The summed E-state index contributed by atoms with van der Waals surface area (Å²) in [7, 11) is 1.55. The average molecular weight is 397 g/mol. The molecule has 0 aliphatic rings. The van der Waals surface area contributed by atoms with Crippen molar-refractivity contribution < 1.29 is 9.78 Å². The van der Waals surface area contributed by atoms with Crippen molar-refractivity contribution in [1.29, 1.82) is 0 Å². The van der Waals surface area contributed by atoms with Crippen LogP contribution in [0.15, 0.2) is 24.3 Å². The molecule has 28 heavy (non-hydrogen) atoms. The summed E-state index contributed by atoms with van der Waals surface area (Å²) in [4.78, 5) is 9.16. The molecule has 0 aliphatic heterocycles. The zero-order chi connectivity index (χ0) is 21.0. The maximum Gasteiger partial charge on any atom is 0.0822 e. The Kier molecular flexibility index (Phi) is 32.9.